The van der Waals surface area contributed by atoms with Crippen molar-refractivity contribution in [2.45, 2.75) is 19.8 Å². The Hall–Kier alpha value is 0. The molecule has 48 valence electrons. The van der Waals surface area contributed by atoms with E-state index < -0.39 is 0 Å². The molecule has 5 fully saturated rings. The first kappa shape index (κ1) is 4.00. The van der Waals surface area contributed by atoms with Crippen LogP contribution in [-0.2, 0) is 0 Å². The Morgan fingerprint density at radius 3 is 2.67 bits per heavy atom. The van der Waals surface area contributed by atoms with Crippen LogP contribution in [0.4, 0.5) is 0 Å². The summed E-state index contributed by atoms with van der Waals surface area (Å²) in [5.74, 6) is 6.19. The van der Waals surface area contributed by atoms with Gasteiger partial charge in [0.15, 0.2) is 0 Å². The monoisotopic (exact) mass is 120 g/mol. The van der Waals surface area contributed by atoms with E-state index in [-0.39, 0.29) is 0 Å². The Morgan fingerprint density at radius 2 is 2.00 bits per heavy atom. The fraction of sp³-hybridized carbons (Fsp3) is 1.00. The first-order valence-electron chi connectivity index (χ1n) is 4.33. The molecule has 5 rings (SSSR count). The molecule has 0 saturated heterocycles. The normalized spacial score (nSPS) is 87.0. The molecule has 0 heteroatoms. The van der Waals surface area contributed by atoms with Gasteiger partial charge < -0.3 is 0 Å². The summed E-state index contributed by atoms with van der Waals surface area (Å²) >= 11 is 0. The van der Waals surface area contributed by atoms with Crippen molar-refractivity contribution in [1.29, 1.82) is 0 Å². The largest absolute Gasteiger partial charge is 0.0588 e. The summed E-state index contributed by atoms with van der Waals surface area (Å²) < 4.78 is 0. The van der Waals surface area contributed by atoms with Gasteiger partial charge >= 0.3 is 0 Å². The van der Waals surface area contributed by atoms with Gasteiger partial charge in [-0.2, -0.15) is 0 Å². The number of hydrogen-bond acceptors (Lipinski definition) is 0. The second-order valence-corrected chi connectivity index (χ2v) is 4.92. The van der Waals surface area contributed by atoms with Crippen molar-refractivity contribution in [3.05, 3.63) is 0 Å². The zero-order valence-corrected chi connectivity index (χ0v) is 5.80. The molecule has 5 aliphatic rings. The Bertz CT molecular complexity index is 196. The summed E-state index contributed by atoms with van der Waals surface area (Å²) in [7, 11) is 0. The van der Waals surface area contributed by atoms with E-state index in [0.29, 0.717) is 0 Å². The van der Waals surface area contributed by atoms with Crippen LogP contribution in [0.3, 0.4) is 0 Å². The fourth-order valence-electron chi connectivity index (χ4n) is 4.19. The van der Waals surface area contributed by atoms with Crippen molar-refractivity contribution in [1.82, 2.24) is 0 Å². The molecule has 0 aliphatic heterocycles. The van der Waals surface area contributed by atoms with Gasteiger partial charge in [-0.1, -0.05) is 6.92 Å². The molecule has 0 aromatic carbocycles. The maximum Gasteiger partial charge on any atom is -0.0227 e. The van der Waals surface area contributed by atoms with E-state index in [4.69, 9.17) is 0 Å². The van der Waals surface area contributed by atoms with E-state index in [1.165, 1.54) is 29.6 Å². The molecule has 0 radical (unpaired) electrons. The van der Waals surface area contributed by atoms with Crippen molar-refractivity contribution in [2.24, 2.45) is 35.0 Å². The lowest BCUT2D eigenvalue weighted by molar-refractivity contribution is 0.205. The van der Waals surface area contributed by atoms with Crippen molar-refractivity contribution < 1.29 is 0 Å². The van der Waals surface area contributed by atoms with Gasteiger partial charge in [0, 0.05) is 0 Å². The lowest BCUT2D eigenvalue weighted by Gasteiger charge is -2.27. The van der Waals surface area contributed by atoms with Gasteiger partial charge in [0.1, 0.15) is 0 Å². The minimum Gasteiger partial charge on any atom is -0.0588 e. The summed E-state index contributed by atoms with van der Waals surface area (Å²) in [5.41, 5.74) is 0.938. The minimum atomic E-state index is 0.938. The number of hydrogen-bond donors (Lipinski definition) is 0. The topological polar surface area (TPSA) is 0 Å². The van der Waals surface area contributed by atoms with Crippen molar-refractivity contribution in [2.75, 3.05) is 0 Å². The lowest BCUT2D eigenvalue weighted by Crippen LogP contribution is -2.22. The Labute approximate surface area is 55.6 Å². The van der Waals surface area contributed by atoms with E-state index in [1.54, 1.807) is 12.8 Å². The predicted molar refractivity (Wildman–Crippen MR) is 34.8 cm³/mol. The molecule has 0 aromatic heterocycles. The summed E-state index contributed by atoms with van der Waals surface area (Å²) in [5, 5.41) is 0. The van der Waals surface area contributed by atoms with Crippen molar-refractivity contribution >= 4 is 0 Å². The van der Waals surface area contributed by atoms with Gasteiger partial charge in [0.25, 0.3) is 0 Å². The third-order valence-electron chi connectivity index (χ3n) is 4.79. The Kier molecular flexibility index (Phi) is 0.329. The van der Waals surface area contributed by atoms with Crippen molar-refractivity contribution in [3.63, 3.8) is 0 Å². The average molecular weight is 120 g/mol. The highest BCUT2D eigenvalue weighted by Gasteiger charge is 2.88. The predicted octanol–water partition coefficient (Wildman–Crippen LogP) is 1.91. The van der Waals surface area contributed by atoms with Crippen LogP contribution in [-0.4, -0.2) is 0 Å². The summed E-state index contributed by atoms with van der Waals surface area (Å²) in [6.45, 7) is 2.54. The van der Waals surface area contributed by atoms with E-state index in [1.807, 2.05) is 0 Å². The Balaban J connectivity index is 1.88. The second-order valence-electron chi connectivity index (χ2n) is 4.92. The fourth-order valence-corrected chi connectivity index (χ4v) is 4.19. The van der Waals surface area contributed by atoms with Gasteiger partial charge in [-0.05, 0) is 47.8 Å². The molecule has 5 saturated carbocycles. The molecule has 9 heavy (non-hydrogen) atoms. The van der Waals surface area contributed by atoms with Gasteiger partial charge in [-0.3, -0.25) is 0 Å². The van der Waals surface area contributed by atoms with Crippen LogP contribution in [0.2, 0.25) is 0 Å². The van der Waals surface area contributed by atoms with Crippen LogP contribution >= 0.6 is 0 Å². The molecule has 0 aromatic rings. The quantitative estimate of drug-likeness (QED) is 0.458. The van der Waals surface area contributed by atoms with Gasteiger partial charge in [-0.25, -0.2) is 0 Å². The van der Waals surface area contributed by atoms with Gasteiger partial charge in [0.05, 0.1) is 0 Å². The highest BCUT2D eigenvalue weighted by atomic mass is 14.9. The molecular weight excluding hydrogens is 108 g/mol. The SMILES string of the molecule is CC12C3CC3CC3C1C32. The molecule has 0 nitrogen and oxygen atoms in total. The summed E-state index contributed by atoms with van der Waals surface area (Å²) in [6.07, 6.45) is 3.25. The zero-order chi connectivity index (χ0) is 5.80. The maximum absolute atomic E-state index is 2.54. The smallest absolute Gasteiger partial charge is 0.0227 e. The molecule has 2 bridgehead atoms. The molecule has 5 aliphatic carbocycles. The standard InChI is InChI=1S/C9H12/c1-9-6-3-4(6)2-5-7(9)8(5)9/h4-8H,2-3H2,1H3. The maximum atomic E-state index is 2.54. The Morgan fingerprint density at radius 1 is 1.22 bits per heavy atom. The lowest BCUT2D eigenvalue weighted by atomic mass is 9.77. The van der Waals surface area contributed by atoms with E-state index >= 15 is 0 Å². The third kappa shape index (κ3) is 0.222. The minimum absolute atomic E-state index is 0.938. The molecule has 0 spiro atoms. The van der Waals surface area contributed by atoms with Crippen molar-refractivity contribution in [3.8, 4) is 0 Å². The van der Waals surface area contributed by atoms with Gasteiger partial charge in [-0.15, -0.1) is 0 Å². The highest BCUT2D eigenvalue weighted by Crippen LogP contribution is 2.93. The van der Waals surface area contributed by atoms with Crippen LogP contribution in [0, 0.1) is 35.0 Å². The molecular formula is C9H12. The molecule has 4 unspecified atom stereocenters. The highest BCUT2D eigenvalue weighted by molar-refractivity contribution is 5.35. The third-order valence-corrected chi connectivity index (χ3v) is 4.79. The van der Waals surface area contributed by atoms with E-state index in [0.717, 1.165) is 5.41 Å². The first-order valence-corrected chi connectivity index (χ1v) is 4.33. The first-order chi connectivity index (χ1) is 4.33. The molecule has 0 amide bonds. The van der Waals surface area contributed by atoms with Crippen LogP contribution in [0.15, 0.2) is 0 Å². The summed E-state index contributed by atoms with van der Waals surface area (Å²) in [6, 6.07) is 0. The van der Waals surface area contributed by atoms with Gasteiger partial charge in [0.2, 0.25) is 0 Å². The zero-order valence-electron chi connectivity index (χ0n) is 5.80. The van der Waals surface area contributed by atoms with E-state index in [9.17, 15) is 0 Å². The average Bonchev–Trinajstić information content (AvgIpc) is 2.61. The van der Waals surface area contributed by atoms with Crippen LogP contribution < -0.4 is 0 Å². The van der Waals surface area contributed by atoms with E-state index in [2.05, 4.69) is 6.92 Å². The molecule has 0 heterocycles. The molecule has 4 atom stereocenters. The van der Waals surface area contributed by atoms with Crippen LogP contribution in [0.5, 0.6) is 0 Å². The van der Waals surface area contributed by atoms with Crippen LogP contribution in [0.25, 0.3) is 0 Å². The molecule has 0 N–H and O–H groups in total. The second kappa shape index (κ2) is 0.741. The summed E-state index contributed by atoms with van der Waals surface area (Å²) in [4.78, 5) is 0. The van der Waals surface area contributed by atoms with Crippen LogP contribution in [0.1, 0.15) is 19.8 Å². The number of rotatable bonds is 0.